The number of nitrogen functional groups attached to an aromatic ring is 1. The van der Waals surface area contributed by atoms with E-state index in [0.29, 0.717) is 5.16 Å². The lowest BCUT2D eigenvalue weighted by atomic mass is 9.98. The van der Waals surface area contributed by atoms with Gasteiger partial charge in [0.1, 0.15) is 11.4 Å². The van der Waals surface area contributed by atoms with Crippen molar-refractivity contribution in [2.24, 2.45) is 0 Å². The van der Waals surface area contributed by atoms with E-state index in [4.69, 9.17) is 10.5 Å². The van der Waals surface area contributed by atoms with Crippen LogP contribution in [0.5, 0.6) is 0 Å². The number of thioether (sulfide) groups is 1. The largest absolute Gasteiger partial charge is 0.462 e. The zero-order chi connectivity index (χ0) is 13.0. The Balaban J connectivity index is 1.80. The molecule has 3 N–H and O–H groups in total. The highest BCUT2D eigenvalue weighted by molar-refractivity contribution is 8.00. The molecule has 6 nitrogen and oxygen atoms in total. The number of nitrogens with two attached hydrogens (primary N) is 1. The van der Waals surface area contributed by atoms with Crippen LogP contribution in [0.4, 0.5) is 5.95 Å². The Labute approximate surface area is 110 Å². The van der Waals surface area contributed by atoms with Gasteiger partial charge in [-0.05, 0) is 32.6 Å². The molecule has 7 heteroatoms. The summed E-state index contributed by atoms with van der Waals surface area (Å²) in [5.41, 5.74) is 5.42. The summed E-state index contributed by atoms with van der Waals surface area (Å²) in [5, 5.41) is 6.57. The standard InChI is InChI=1S/C11H18N4O2S/c1-7(18-11-13-10(12)14-15-11)9(16)17-8-5-3-2-4-6-8/h7-8H,2-6H2,1H3,(H3,12,13,14,15). The summed E-state index contributed by atoms with van der Waals surface area (Å²) in [5.74, 6) is 0.0561. The monoisotopic (exact) mass is 270 g/mol. The van der Waals surface area contributed by atoms with Crippen molar-refractivity contribution in [2.75, 3.05) is 5.73 Å². The van der Waals surface area contributed by atoms with Crippen molar-refractivity contribution in [1.82, 2.24) is 15.2 Å². The zero-order valence-corrected chi connectivity index (χ0v) is 11.2. The number of nitrogens with zero attached hydrogens (tertiary/aromatic N) is 2. The first-order chi connectivity index (χ1) is 8.65. The molecule has 1 aromatic heterocycles. The van der Waals surface area contributed by atoms with Gasteiger partial charge in [0.2, 0.25) is 11.1 Å². The fourth-order valence-corrected chi connectivity index (χ4v) is 2.68. The molecular formula is C11H18N4O2S. The number of esters is 1. The molecule has 0 radical (unpaired) electrons. The number of rotatable bonds is 4. The lowest BCUT2D eigenvalue weighted by Gasteiger charge is -2.23. The van der Waals surface area contributed by atoms with E-state index in [9.17, 15) is 4.79 Å². The van der Waals surface area contributed by atoms with Crippen molar-refractivity contribution in [1.29, 1.82) is 0 Å². The van der Waals surface area contributed by atoms with Gasteiger partial charge < -0.3 is 10.5 Å². The van der Waals surface area contributed by atoms with Crippen molar-refractivity contribution in [2.45, 2.75) is 55.5 Å². The Morgan fingerprint density at radius 3 is 2.83 bits per heavy atom. The second-order valence-corrected chi connectivity index (χ2v) is 5.77. The molecule has 0 aliphatic heterocycles. The van der Waals surface area contributed by atoms with Crippen molar-refractivity contribution in [3.05, 3.63) is 0 Å². The van der Waals surface area contributed by atoms with E-state index < -0.39 is 0 Å². The minimum absolute atomic E-state index is 0.0894. The van der Waals surface area contributed by atoms with Gasteiger partial charge in [-0.1, -0.05) is 18.2 Å². The average Bonchev–Trinajstić information content (AvgIpc) is 2.76. The third kappa shape index (κ3) is 3.63. The van der Waals surface area contributed by atoms with Crippen molar-refractivity contribution < 1.29 is 9.53 Å². The SMILES string of the molecule is CC(Sc1n[nH]c(N)n1)C(=O)OC1CCCCC1. The highest BCUT2D eigenvalue weighted by Gasteiger charge is 2.23. The van der Waals surface area contributed by atoms with Crippen LogP contribution < -0.4 is 5.73 Å². The van der Waals surface area contributed by atoms with E-state index in [-0.39, 0.29) is 23.3 Å². The molecule has 1 saturated carbocycles. The maximum Gasteiger partial charge on any atom is 0.319 e. The van der Waals surface area contributed by atoms with E-state index in [2.05, 4.69) is 15.2 Å². The molecule has 1 aromatic rings. The topological polar surface area (TPSA) is 93.9 Å². The predicted octanol–water partition coefficient (Wildman–Crippen LogP) is 1.74. The molecule has 1 aliphatic carbocycles. The number of carbonyl (C=O) groups excluding carboxylic acids is 1. The minimum atomic E-state index is -0.317. The summed E-state index contributed by atoms with van der Waals surface area (Å²) in [7, 11) is 0. The molecule has 0 spiro atoms. The van der Waals surface area contributed by atoms with Crippen LogP contribution in [0.3, 0.4) is 0 Å². The number of anilines is 1. The summed E-state index contributed by atoms with van der Waals surface area (Å²) >= 11 is 1.25. The third-order valence-electron chi connectivity index (χ3n) is 2.93. The van der Waals surface area contributed by atoms with Gasteiger partial charge in [0, 0.05) is 0 Å². The van der Waals surface area contributed by atoms with Crippen LogP contribution >= 0.6 is 11.8 Å². The van der Waals surface area contributed by atoms with E-state index in [1.165, 1.54) is 18.2 Å². The summed E-state index contributed by atoms with van der Waals surface area (Å²) in [6.07, 6.45) is 5.60. The lowest BCUT2D eigenvalue weighted by Crippen LogP contribution is -2.26. The molecule has 100 valence electrons. The van der Waals surface area contributed by atoms with Gasteiger partial charge in [-0.3, -0.25) is 4.79 Å². The normalized spacial score (nSPS) is 18.5. The first kappa shape index (κ1) is 13.2. The summed E-state index contributed by atoms with van der Waals surface area (Å²) in [6, 6.07) is 0. The average molecular weight is 270 g/mol. The molecule has 1 aliphatic rings. The number of H-pyrrole nitrogens is 1. The number of hydrogen-bond acceptors (Lipinski definition) is 6. The molecule has 1 atom stereocenters. The van der Waals surface area contributed by atoms with Gasteiger partial charge in [-0.15, -0.1) is 5.10 Å². The Bertz CT molecular complexity index is 404. The van der Waals surface area contributed by atoms with Crippen LogP contribution in [-0.4, -0.2) is 32.5 Å². The molecule has 18 heavy (non-hydrogen) atoms. The molecule has 0 bridgehead atoms. The second-order valence-electron chi connectivity index (χ2n) is 4.46. The number of carbonyl (C=O) groups is 1. The number of aromatic nitrogens is 3. The highest BCUT2D eigenvalue weighted by atomic mass is 32.2. The van der Waals surface area contributed by atoms with Gasteiger partial charge in [-0.2, -0.15) is 4.98 Å². The first-order valence-corrected chi connectivity index (χ1v) is 7.08. The molecule has 0 aromatic carbocycles. The van der Waals surface area contributed by atoms with Gasteiger partial charge >= 0.3 is 5.97 Å². The number of aromatic amines is 1. The highest BCUT2D eigenvalue weighted by Crippen LogP contribution is 2.24. The van der Waals surface area contributed by atoms with Gasteiger partial charge in [-0.25, -0.2) is 5.10 Å². The summed E-state index contributed by atoms with van der Waals surface area (Å²) in [4.78, 5) is 15.8. The second kappa shape index (κ2) is 6.08. The molecule has 2 rings (SSSR count). The van der Waals surface area contributed by atoms with Crippen LogP contribution in [-0.2, 0) is 9.53 Å². The number of ether oxygens (including phenoxy) is 1. The van der Waals surface area contributed by atoms with Crippen LogP contribution in [0.1, 0.15) is 39.0 Å². The smallest absolute Gasteiger partial charge is 0.319 e. The molecule has 0 saturated heterocycles. The Kier molecular flexibility index (Phi) is 4.46. The van der Waals surface area contributed by atoms with E-state index in [1.54, 1.807) is 6.92 Å². The molecule has 0 amide bonds. The molecule has 1 heterocycles. The van der Waals surface area contributed by atoms with Gasteiger partial charge in [0.15, 0.2) is 0 Å². The molecule has 1 unspecified atom stereocenters. The van der Waals surface area contributed by atoms with Crippen LogP contribution in [0.2, 0.25) is 0 Å². The Hall–Kier alpha value is -1.24. The third-order valence-corrected chi connectivity index (χ3v) is 3.87. The van der Waals surface area contributed by atoms with Gasteiger partial charge in [0.25, 0.3) is 0 Å². The first-order valence-electron chi connectivity index (χ1n) is 6.20. The number of hydrogen-bond donors (Lipinski definition) is 2. The van der Waals surface area contributed by atoms with E-state index in [1.807, 2.05) is 0 Å². The van der Waals surface area contributed by atoms with E-state index in [0.717, 1.165) is 25.7 Å². The van der Waals surface area contributed by atoms with Crippen molar-refractivity contribution in [3.8, 4) is 0 Å². The van der Waals surface area contributed by atoms with E-state index >= 15 is 0 Å². The summed E-state index contributed by atoms with van der Waals surface area (Å²) in [6.45, 7) is 1.79. The molecule has 1 fully saturated rings. The van der Waals surface area contributed by atoms with Crippen LogP contribution in [0.25, 0.3) is 0 Å². The lowest BCUT2D eigenvalue weighted by molar-refractivity contribution is -0.149. The van der Waals surface area contributed by atoms with Crippen molar-refractivity contribution in [3.63, 3.8) is 0 Å². The predicted molar refractivity (Wildman–Crippen MR) is 69.1 cm³/mol. The van der Waals surface area contributed by atoms with Gasteiger partial charge in [0.05, 0.1) is 0 Å². The minimum Gasteiger partial charge on any atom is -0.462 e. The van der Waals surface area contributed by atoms with Crippen LogP contribution in [0.15, 0.2) is 5.16 Å². The van der Waals surface area contributed by atoms with Crippen LogP contribution in [0, 0.1) is 0 Å². The quantitative estimate of drug-likeness (QED) is 0.639. The molecular weight excluding hydrogens is 252 g/mol. The van der Waals surface area contributed by atoms with Crippen molar-refractivity contribution >= 4 is 23.7 Å². The Morgan fingerprint density at radius 1 is 1.50 bits per heavy atom. The summed E-state index contributed by atoms with van der Waals surface area (Å²) < 4.78 is 5.48. The Morgan fingerprint density at radius 2 is 2.22 bits per heavy atom. The zero-order valence-electron chi connectivity index (χ0n) is 10.4. The fraction of sp³-hybridized carbons (Fsp3) is 0.727. The maximum absolute atomic E-state index is 11.9. The number of nitrogens with one attached hydrogen (secondary N) is 1. The maximum atomic E-state index is 11.9. The fourth-order valence-electron chi connectivity index (χ4n) is 1.96.